The fourth-order valence-corrected chi connectivity index (χ4v) is 3.98. The van der Waals surface area contributed by atoms with Gasteiger partial charge >= 0.3 is 0 Å². The molecule has 0 amide bonds. The number of rotatable bonds is 11. The van der Waals surface area contributed by atoms with E-state index in [-0.39, 0.29) is 5.78 Å². The number of hydrogen-bond donors (Lipinski definition) is 3. The molecule has 3 N–H and O–H groups in total. The third kappa shape index (κ3) is 7.64. The number of nitrogens with zero attached hydrogens (tertiary/aromatic N) is 3. The summed E-state index contributed by atoms with van der Waals surface area (Å²) in [4.78, 5) is 21.4. The van der Waals surface area contributed by atoms with Gasteiger partial charge in [-0.1, -0.05) is 47.9 Å². The van der Waals surface area contributed by atoms with Crippen LogP contribution < -0.4 is 14.8 Å². The van der Waals surface area contributed by atoms with Crippen LogP contribution in [-0.2, 0) is 0 Å². The number of aryl methyl sites for hydroxylation is 1. The number of carbonyl (C=O) groups is 1. The van der Waals surface area contributed by atoms with Crippen LogP contribution >= 0.6 is 11.9 Å². The largest absolute Gasteiger partial charge is 0.439 e. The van der Waals surface area contributed by atoms with Gasteiger partial charge in [0.05, 0.1) is 29.4 Å². The van der Waals surface area contributed by atoms with E-state index in [1.807, 2.05) is 95.6 Å². The molecule has 0 spiro atoms. The molecular formula is C30H36N6O2S. The second kappa shape index (κ2) is 14.1. The van der Waals surface area contributed by atoms with E-state index in [0.717, 1.165) is 28.1 Å². The van der Waals surface area contributed by atoms with Crippen molar-refractivity contribution in [2.24, 2.45) is 4.99 Å². The highest BCUT2D eigenvalue weighted by Crippen LogP contribution is 2.25. The molecule has 1 aromatic carbocycles. The van der Waals surface area contributed by atoms with E-state index < -0.39 is 0 Å². The summed E-state index contributed by atoms with van der Waals surface area (Å²) in [5.41, 5.74) is 5.55. The molecule has 204 valence electrons. The zero-order chi connectivity index (χ0) is 28.4. The smallest absolute Gasteiger partial charge is 0.218 e. The third-order valence-electron chi connectivity index (χ3n) is 5.59. The molecule has 2 heterocycles. The highest BCUT2D eigenvalue weighted by atomic mass is 32.2. The Morgan fingerprint density at radius 3 is 2.67 bits per heavy atom. The van der Waals surface area contributed by atoms with E-state index in [0.29, 0.717) is 28.7 Å². The van der Waals surface area contributed by atoms with Gasteiger partial charge in [0.2, 0.25) is 11.7 Å². The summed E-state index contributed by atoms with van der Waals surface area (Å²) in [5, 5.41) is 7.60. The number of aromatic amines is 1. The maximum Gasteiger partial charge on any atom is 0.218 e. The quantitative estimate of drug-likeness (QED) is 0.105. The van der Waals surface area contributed by atoms with Gasteiger partial charge in [0, 0.05) is 30.8 Å². The molecule has 0 atom stereocenters. The van der Waals surface area contributed by atoms with Crippen LogP contribution in [0.4, 0.5) is 5.82 Å². The summed E-state index contributed by atoms with van der Waals surface area (Å²) in [6, 6.07) is 9.64. The maximum absolute atomic E-state index is 13.6. The van der Waals surface area contributed by atoms with Gasteiger partial charge in [-0.3, -0.25) is 4.79 Å². The lowest BCUT2D eigenvalue weighted by Gasteiger charge is -2.09. The van der Waals surface area contributed by atoms with Crippen molar-refractivity contribution in [2.75, 3.05) is 18.6 Å². The topological polar surface area (TPSA) is 96.3 Å². The zero-order valence-electron chi connectivity index (χ0n) is 23.5. The highest BCUT2D eigenvalue weighted by molar-refractivity contribution is 7.96. The fraction of sp³-hybridized carbons (Fsp3) is 0.233. The number of para-hydroxylation sites is 1. The molecule has 0 unspecified atom stereocenters. The monoisotopic (exact) mass is 544 g/mol. The van der Waals surface area contributed by atoms with Gasteiger partial charge in [-0.05, 0) is 64.5 Å². The van der Waals surface area contributed by atoms with Crippen molar-refractivity contribution < 1.29 is 9.53 Å². The van der Waals surface area contributed by atoms with E-state index in [2.05, 4.69) is 25.1 Å². The Morgan fingerprint density at radius 1 is 1.23 bits per heavy atom. The van der Waals surface area contributed by atoms with Crippen LogP contribution in [0.1, 0.15) is 60.6 Å². The lowest BCUT2D eigenvalue weighted by atomic mass is 10.1. The molecular weight excluding hydrogens is 508 g/mol. The average molecular weight is 545 g/mol. The van der Waals surface area contributed by atoms with Gasteiger partial charge in [-0.2, -0.15) is 5.10 Å². The summed E-state index contributed by atoms with van der Waals surface area (Å²) in [7, 11) is 1.76. The lowest BCUT2D eigenvalue weighted by Crippen LogP contribution is -2.08. The molecule has 0 aliphatic heterocycles. The molecule has 0 saturated carbocycles. The Bertz CT molecular complexity index is 1450. The van der Waals surface area contributed by atoms with Crippen molar-refractivity contribution in [1.82, 2.24) is 19.5 Å². The summed E-state index contributed by atoms with van der Waals surface area (Å²) >= 11 is 1.49. The van der Waals surface area contributed by atoms with Crippen molar-refractivity contribution in [1.29, 1.82) is 0 Å². The van der Waals surface area contributed by atoms with Gasteiger partial charge in [0.1, 0.15) is 11.6 Å². The number of nitrogens with one attached hydrogen (secondary N) is 3. The minimum Gasteiger partial charge on any atom is -0.439 e. The predicted octanol–water partition coefficient (Wildman–Crippen LogP) is 6.93. The van der Waals surface area contributed by atoms with Gasteiger partial charge < -0.3 is 19.8 Å². The number of H-pyrrole nitrogens is 1. The molecule has 0 saturated heterocycles. The molecule has 39 heavy (non-hydrogen) atoms. The minimum atomic E-state index is -0.166. The van der Waals surface area contributed by atoms with Crippen molar-refractivity contribution in [3.63, 3.8) is 0 Å². The third-order valence-corrected chi connectivity index (χ3v) is 5.96. The van der Waals surface area contributed by atoms with Crippen molar-refractivity contribution in [3.8, 4) is 5.75 Å². The Hall–Kier alpha value is -4.24. The normalized spacial score (nSPS) is 12.3. The van der Waals surface area contributed by atoms with E-state index in [4.69, 9.17) is 4.74 Å². The van der Waals surface area contributed by atoms with Crippen molar-refractivity contribution >= 4 is 47.3 Å². The molecule has 0 aliphatic carbocycles. The van der Waals surface area contributed by atoms with E-state index in [1.54, 1.807) is 30.2 Å². The molecule has 3 rings (SSSR count). The average Bonchev–Trinajstić information content (AvgIpc) is 3.52. The number of ketones is 1. The molecule has 0 radical (unpaired) electrons. The van der Waals surface area contributed by atoms with Crippen LogP contribution in [0.3, 0.4) is 0 Å². The Balaban J connectivity index is 1.94. The SMILES string of the molecule is C/C=C/C(=N/C=C(\C)n1ncc(C(=O)c2cc(C=C(C)C)c(/C=C/NSC)[nH]2)c1NC)Oc1ccccc1C. The summed E-state index contributed by atoms with van der Waals surface area (Å²) in [6.07, 6.45) is 14.6. The molecule has 2 aromatic heterocycles. The first-order valence-electron chi connectivity index (χ1n) is 12.5. The second-order valence-electron chi connectivity index (χ2n) is 8.93. The molecule has 8 nitrogen and oxygen atoms in total. The van der Waals surface area contributed by atoms with Crippen molar-refractivity contribution in [3.05, 3.63) is 94.7 Å². The Kier molecular flexibility index (Phi) is 10.6. The second-order valence-corrected chi connectivity index (χ2v) is 9.58. The first-order chi connectivity index (χ1) is 18.8. The van der Waals surface area contributed by atoms with Crippen LogP contribution in [0, 0.1) is 6.92 Å². The van der Waals surface area contributed by atoms with E-state index in [1.165, 1.54) is 11.9 Å². The number of aliphatic imine (C=N–C) groups is 1. The van der Waals surface area contributed by atoms with E-state index >= 15 is 0 Å². The number of carbonyl (C=O) groups excluding carboxylic acids is 1. The van der Waals surface area contributed by atoms with Crippen LogP contribution in [0.2, 0.25) is 0 Å². The van der Waals surface area contributed by atoms with Crippen LogP contribution in [0.25, 0.3) is 17.8 Å². The first kappa shape index (κ1) is 29.3. The van der Waals surface area contributed by atoms with E-state index in [9.17, 15) is 4.79 Å². The number of aromatic nitrogens is 3. The molecule has 0 bridgehead atoms. The number of benzene rings is 1. The maximum atomic E-state index is 13.6. The Labute approximate surface area is 234 Å². The predicted molar refractivity (Wildman–Crippen MR) is 165 cm³/mol. The van der Waals surface area contributed by atoms with Gasteiger partial charge in [-0.15, -0.1) is 0 Å². The minimum absolute atomic E-state index is 0.166. The fourth-order valence-electron chi connectivity index (χ4n) is 3.77. The highest BCUT2D eigenvalue weighted by Gasteiger charge is 2.21. The standard InChI is InChI=1S/C30H36N6O2S/c1-8-11-28(38-27-13-10-9-12-21(27)4)32-18-22(5)36-30(31-6)24(19-33-36)29(37)26-17-23(16-20(2)3)25(35-26)14-15-34-39-7/h8-19,31,34-35H,1-7H3/b11-8+,15-14+,22-18+,32-28-. The first-order valence-corrected chi connectivity index (χ1v) is 13.8. The number of hydrogen-bond acceptors (Lipinski definition) is 7. The van der Waals surface area contributed by atoms with Gasteiger partial charge in [-0.25, -0.2) is 9.67 Å². The molecule has 0 fully saturated rings. The number of anilines is 1. The summed E-state index contributed by atoms with van der Waals surface area (Å²) in [5.74, 6) is 1.58. The van der Waals surface area contributed by atoms with Crippen molar-refractivity contribution in [2.45, 2.75) is 34.6 Å². The van der Waals surface area contributed by atoms with Gasteiger partial charge in [0.15, 0.2) is 0 Å². The van der Waals surface area contributed by atoms with Gasteiger partial charge in [0.25, 0.3) is 0 Å². The summed E-state index contributed by atoms with van der Waals surface area (Å²) < 4.78 is 10.7. The zero-order valence-corrected chi connectivity index (χ0v) is 24.3. The molecule has 0 aliphatic rings. The van der Waals surface area contributed by atoms with Crippen LogP contribution in [0.5, 0.6) is 5.75 Å². The number of allylic oxidation sites excluding steroid dienone is 3. The Morgan fingerprint density at radius 2 is 2.00 bits per heavy atom. The number of ether oxygens (including phenoxy) is 1. The van der Waals surface area contributed by atoms with Crippen LogP contribution in [0.15, 0.2) is 71.6 Å². The molecule has 9 heteroatoms. The molecule has 3 aromatic rings. The lowest BCUT2D eigenvalue weighted by molar-refractivity contribution is 0.103. The summed E-state index contributed by atoms with van der Waals surface area (Å²) in [6.45, 7) is 9.81. The van der Waals surface area contributed by atoms with Crippen LogP contribution in [-0.4, -0.2) is 39.7 Å².